The number of amides is 2. The maximum absolute atomic E-state index is 13.8. The Morgan fingerprint density at radius 1 is 0.852 bits per heavy atom. The topological polar surface area (TPSA) is 49.9 Å². The van der Waals surface area contributed by atoms with Gasteiger partial charge in [-0.25, -0.2) is 18.0 Å². The molecular weight excluding hydrogens is 361 g/mol. The van der Waals surface area contributed by atoms with E-state index >= 15 is 0 Å². The first kappa shape index (κ1) is 18.8. The normalized spacial score (nSPS) is 14.2. The predicted molar refractivity (Wildman–Crippen MR) is 90.4 cm³/mol. The Labute approximate surface area is 153 Å². The van der Waals surface area contributed by atoms with E-state index in [9.17, 15) is 22.8 Å². The fraction of sp³-hybridized carbons (Fsp3) is 0.263. The van der Waals surface area contributed by atoms with Gasteiger partial charge in [-0.15, -0.1) is 0 Å². The molecule has 0 spiro atoms. The number of rotatable bonds is 3. The highest BCUT2D eigenvalue weighted by Gasteiger charge is 2.28. The Hall–Kier alpha value is -3.03. The molecule has 0 radical (unpaired) electrons. The average Bonchev–Trinajstić information content (AvgIpc) is 2.71. The summed E-state index contributed by atoms with van der Waals surface area (Å²) in [6.07, 6.45) is -0.509. The highest BCUT2D eigenvalue weighted by atomic mass is 19.2. The van der Waals surface area contributed by atoms with Crippen molar-refractivity contribution in [2.24, 2.45) is 0 Å². The van der Waals surface area contributed by atoms with Crippen LogP contribution >= 0.6 is 0 Å². The first-order chi connectivity index (χ1) is 13.0. The summed E-state index contributed by atoms with van der Waals surface area (Å²) in [6, 6.07) is 10.8. The van der Waals surface area contributed by atoms with Crippen LogP contribution in [0.4, 0.5) is 18.0 Å². The van der Waals surface area contributed by atoms with Crippen molar-refractivity contribution in [3.8, 4) is 0 Å². The molecule has 0 atom stereocenters. The summed E-state index contributed by atoms with van der Waals surface area (Å²) in [5, 5.41) is 0. The second-order valence-corrected chi connectivity index (χ2v) is 6.04. The standard InChI is InChI=1S/C19H17F3N2O3/c20-15-7-6-14(16(21)17(15)22)18(25)23-8-10-24(11-9-23)19(26)27-12-13-4-2-1-3-5-13/h1-7H,8-12H2. The molecule has 142 valence electrons. The van der Waals surface area contributed by atoms with Crippen molar-refractivity contribution in [2.45, 2.75) is 6.61 Å². The predicted octanol–water partition coefficient (Wildman–Crippen LogP) is 3.20. The summed E-state index contributed by atoms with van der Waals surface area (Å²) in [7, 11) is 0. The Balaban J connectivity index is 1.54. The minimum Gasteiger partial charge on any atom is -0.445 e. The second-order valence-electron chi connectivity index (χ2n) is 6.04. The van der Waals surface area contributed by atoms with Crippen molar-refractivity contribution in [3.05, 3.63) is 71.0 Å². The van der Waals surface area contributed by atoms with E-state index in [1.807, 2.05) is 30.3 Å². The third kappa shape index (κ3) is 4.21. The van der Waals surface area contributed by atoms with Gasteiger partial charge < -0.3 is 14.5 Å². The van der Waals surface area contributed by atoms with Gasteiger partial charge in [0.25, 0.3) is 5.91 Å². The molecule has 8 heteroatoms. The number of carbonyl (C=O) groups is 2. The zero-order valence-electron chi connectivity index (χ0n) is 14.3. The van der Waals surface area contributed by atoms with Crippen molar-refractivity contribution < 1.29 is 27.5 Å². The van der Waals surface area contributed by atoms with Crippen molar-refractivity contribution in [3.63, 3.8) is 0 Å². The van der Waals surface area contributed by atoms with Crippen LogP contribution in [0, 0.1) is 17.5 Å². The highest BCUT2D eigenvalue weighted by molar-refractivity contribution is 5.94. The number of hydrogen-bond donors (Lipinski definition) is 0. The summed E-state index contributed by atoms with van der Waals surface area (Å²) < 4.78 is 45.3. The van der Waals surface area contributed by atoms with E-state index in [1.54, 1.807) is 0 Å². The summed E-state index contributed by atoms with van der Waals surface area (Å²) in [5.41, 5.74) is 0.322. The van der Waals surface area contributed by atoms with Gasteiger partial charge in [-0.2, -0.15) is 0 Å². The van der Waals surface area contributed by atoms with Gasteiger partial charge in [0.2, 0.25) is 0 Å². The minimum absolute atomic E-state index is 0.137. The molecule has 0 aromatic heterocycles. The number of nitrogens with zero attached hydrogens (tertiary/aromatic N) is 2. The molecule has 0 aliphatic carbocycles. The molecule has 2 amide bonds. The summed E-state index contributed by atoms with van der Waals surface area (Å²) in [5.74, 6) is -5.28. The molecule has 1 fully saturated rings. The molecule has 0 bridgehead atoms. The zero-order chi connectivity index (χ0) is 19.4. The Kier molecular flexibility index (Phi) is 5.63. The smallest absolute Gasteiger partial charge is 0.410 e. The third-order valence-electron chi connectivity index (χ3n) is 4.30. The van der Waals surface area contributed by atoms with Crippen molar-refractivity contribution in [1.29, 1.82) is 0 Å². The molecule has 1 aliphatic rings. The lowest BCUT2D eigenvalue weighted by molar-refractivity contribution is 0.0539. The van der Waals surface area contributed by atoms with Crippen LogP contribution in [0.15, 0.2) is 42.5 Å². The van der Waals surface area contributed by atoms with Crippen molar-refractivity contribution >= 4 is 12.0 Å². The molecule has 1 saturated heterocycles. The van der Waals surface area contributed by atoms with Gasteiger partial charge in [0.1, 0.15) is 6.61 Å². The van der Waals surface area contributed by atoms with Crippen LogP contribution < -0.4 is 0 Å². The monoisotopic (exact) mass is 378 g/mol. The first-order valence-electron chi connectivity index (χ1n) is 8.36. The van der Waals surface area contributed by atoms with Gasteiger partial charge in [-0.1, -0.05) is 30.3 Å². The minimum atomic E-state index is -1.68. The molecule has 2 aromatic carbocycles. The van der Waals surface area contributed by atoms with Crippen LogP contribution in [-0.2, 0) is 11.3 Å². The quantitative estimate of drug-likeness (QED) is 0.771. The molecule has 27 heavy (non-hydrogen) atoms. The van der Waals surface area contributed by atoms with Gasteiger partial charge in [0, 0.05) is 26.2 Å². The fourth-order valence-corrected chi connectivity index (χ4v) is 2.76. The van der Waals surface area contributed by atoms with Crippen LogP contribution in [0.1, 0.15) is 15.9 Å². The summed E-state index contributed by atoms with van der Waals surface area (Å²) >= 11 is 0. The molecule has 0 saturated carbocycles. The number of hydrogen-bond acceptors (Lipinski definition) is 3. The third-order valence-corrected chi connectivity index (χ3v) is 4.30. The van der Waals surface area contributed by atoms with Gasteiger partial charge in [-0.05, 0) is 17.7 Å². The molecule has 0 N–H and O–H groups in total. The van der Waals surface area contributed by atoms with Gasteiger partial charge in [0.15, 0.2) is 17.5 Å². The number of ether oxygens (including phenoxy) is 1. The van der Waals surface area contributed by atoms with Gasteiger partial charge >= 0.3 is 6.09 Å². The Morgan fingerprint density at radius 3 is 2.15 bits per heavy atom. The van der Waals surface area contributed by atoms with E-state index in [-0.39, 0.29) is 32.8 Å². The average molecular weight is 378 g/mol. The largest absolute Gasteiger partial charge is 0.445 e. The molecule has 1 aliphatic heterocycles. The van der Waals surface area contributed by atoms with E-state index in [0.29, 0.717) is 6.07 Å². The molecule has 5 nitrogen and oxygen atoms in total. The summed E-state index contributed by atoms with van der Waals surface area (Å²) in [4.78, 5) is 27.2. The molecule has 2 aromatic rings. The lowest BCUT2D eigenvalue weighted by atomic mass is 10.1. The second kappa shape index (κ2) is 8.11. The lowest BCUT2D eigenvalue weighted by Gasteiger charge is -2.34. The lowest BCUT2D eigenvalue weighted by Crippen LogP contribution is -2.50. The van der Waals surface area contributed by atoms with E-state index in [2.05, 4.69) is 0 Å². The van der Waals surface area contributed by atoms with Crippen molar-refractivity contribution in [2.75, 3.05) is 26.2 Å². The first-order valence-corrected chi connectivity index (χ1v) is 8.36. The van der Waals surface area contributed by atoms with Crippen LogP contribution in [0.3, 0.4) is 0 Å². The summed E-state index contributed by atoms with van der Waals surface area (Å²) in [6.45, 7) is 0.809. The van der Waals surface area contributed by atoms with E-state index in [4.69, 9.17) is 4.74 Å². The molecule has 0 unspecified atom stereocenters. The highest BCUT2D eigenvalue weighted by Crippen LogP contribution is 2.18. The molecule has 3 rings (SSSR count). The van der Waals surface area contributed by atoms with E-state index < -0.39 is 35.0 Å². The number of benzene rings is 2. The molecule has 1 heterocycles. The van der Waals surface area contributed by atoms with Crippen LogP contribution in [-0.4, -0.2) is 48.0 Å². The van der Waals surface area contributed by atoms with E-state index in [0.717, 1.165) is 11.6 Å². The van der Waals surface area contributed by atoms with Crippen molar-refractivity contribution in [1.82, 2.24) is 9.80 Å². The maximum atomic E-state index is 13.8. The Morgan fingerprint density at radius 2 is 1.48 bits per heavy atom. The van der Waals surface area contributed by atoms with E-state index in [1.165, 1.54) is 9.80 Å². The van der Waals surface area contributed by atoms with Gasteiger partial charge in [-0.3, -0.25) is 4.79 Å². The number of piperazine rings is 1. The zero-order valence-corrected chi connectivity index (χ0v) is 14.3. The van der Waals surface area contributed by atoms with Crippen LogP contribution in [0.25, 0.3) is 0 Å². The fourth-order valence-electron chi connectivity index (χ4n) is 2.76. The van der Waals surface area contributed by atoms with Crippen LogP contribution in [0.5, 0.6) is 0 Å². The number of carbonyl (C=O) groups excluding carboxylic acids is 2. The molecular formula is C19H17F3N2O3. The number of halogens is 3. The SMILES string of the molecule is O=C(OCc1ccccc1)N1CCN(C(=O)c2ccc(F)c(F)c2F)CC1. The maximum Gasteiger partial charge on any atom is 0.410 e. The van der Waals surface area contributed by atoms with Crippen LogP contribution in [0.2, 0.25) is 0 Å². The Bertz CT molecular complexity index is 838. The van der Waals surface area contributed by atoms with Gasteiger partial charge in [0.05, 0.1) is 5.56 Å².